The first-order chi connectivity index (χ1) is 41.4. The van der Waals surface area contributed by atoms with Crippen LogP contribution in [0.3, 0.4) is 0 Å². The van der Waals surface area contributed by atoms with Gasteiger partial charge in [0.15, 0.2) is 11.4 Å². The van der Waals surface area contributed by atoms with Crippen molar-refractivity contribution in [2.75, 3.05) is 40.4 Å². The molecule has 2 amide bonds. The van der Waals surface area contributed by atoms with Crippen LogP contribution in [0.15, 0.2) is 103 Å². The molecule has 4 unspecified atom stereocenters. The number of ether oxygens (including phenoxy) is 2. The van der Waals surface area contributed by atoms with Crippen molar-refractivity contribution in [3.05, 3.63) is 127 Å². The third-order valence-corrected chi connectivity index (χ3v) is 16.6. The molecule has 0 fully saturated rings. The van der Waals surface area contributed by atoms with Gasteiger partial charge in [-0.05, 0) is 118 Å². The predicted octanol–water partition coefficient (Wildman–Crippen LogP) is 16.2. The van der Waals surface area contributed by atoms with Crippen LogP contribution in [-0.4, -0.2) is 93.3 Å². The third kappa shape index (κ3) is 17.7. The van der Waals surface area contributed by atoms with Gasteiger partial charge in [-0.1, -0.05) is 151 Å². The zero-order valence-electron chi connectivity index (χ0n) is 53.1. The minimum atomic E-state index is -1.03. The number of unbranched alkanes of at least 4 members (excludes halogenated alkanes) is 4. The number of amides is 2. The van der Waals surface area contributed by atoms with Gasteiger partial charge in [0.2, 0.25) is 11.8 Å². The molecule has 0 aliphatic heterocycles. The van der Waals surface area contributed by atoms with Crippen molar-refractivity contribution in [1.29, 1.82) is 0 Å². The summed E-state index contributed by atoms with van der Waals surface area (Å²) in [5, 5.41) is 41.9. The van der Waals surface area contributed by atoms with E-state index in [0.717, 1.165) is 126 Å². The molecule has 18 heteroatoms. The number of pyridine rings is 2. The van der Waals surface area contributed by atoms with Crippen LogP contribution in [-0.2, 0) is 9.47 Å². The Bertz CT molecular complexity index is 3030. The fourth-order valence-electron chi connectivity index (χ4n) is 11.1. The lowest BCUT2D eigenvalue weighted by molar-refractivity contribution is 0.0588. The highest BCUT2D eigenvalue weighted by Gasteiger charge is 2.30. The first kappa shape index (κ1) is 69.0. The van der Waals surface area contributed by atoms with Crippen LogP contribution < -0.4 is 11.1 Å². The van der Waals surface area contributed by atoms with Gasteiger partial charge in [-0.3, -0.25) is 19.2 Å². The molecule has 0 bridgehead atoms. The van der Waals surface area contributed by atoms with E-state index >= 15 is 0 Å². The van der Waals surface area contributed by atoms with Gasteiger partial charge in [0.1, 0.15) is 11.1 Å². The van der Waals surface area contributed by atoms with Gasteiger partial charge in [0.25, 0.3) is 22.9 Å². The maximum atomic E-state index is 14.5. The number of benzene rings is 3. The molecule has 0 saturated heterocycles. The Kier molecular flexibility index (Phi) is 27.6. The zero-order valence-corrected chi connectivity index (χ0v) is 53.1. The summed E-state index contributed by atoms with van der Waals surface area (Å²) < 4.78 is 11.7. The average molecular weight is 1180 g/mol. The van der Waals surface area contributed by atoms with Crippen LogP contribution in [0.4, 0.5) is 22.7 Å². The van der Waals surface area contributed by atoms with Crippen molar-refractivity contribution in [3.8, 4) is 23.1 Å². The number of rotatable bonds is 34. The number of hydrogen-bond acceptors (Lipinski definition) is 14. The molecule has 5 aromatic rings. The molecule has 2 heterocycles. The summed E-state index contributed by atoms with van der Waals surface area (Å²) in [4.78, 5) is 88.8. The minimum absolute atomic E-state index is 0.0540. The van der Waals surface area contributed by atoms with Crippen molar-refractivity contribution < 1.29 is 38.9 Å². The van der Waals surface area contributed by atoms with Crippen LogP contribution in [0, 0.1) is 37.5 Å². The van der Waals surface area contributed by atoms with E-state index in [0.29, 0.717) is 61.0 Å². The van der Waals surface area contributed by atoms with Gasteiger partial charge >= 0.3 is 11.9 Å². The molecule has 86 heavy (non-hydrogen) atoms. The predicted molar refractivity (Wildman–Crippen MR) is 339 cm³/mol. The fraction of sp³-hybridized carbons (Fsp3) is 0.529. The molecule has 5 rings (SSSR count). The summed E-state index contributed by atoms with van der Waals surface area (Å²) >= 11 is 0. The van der Waals surface area contributed by atoms with Gasteiger partial charge in [0, 0.05) is 48.4 Å². The van der Waals surface area contributed by atoms with Crippen LogP contribution >= 0.6 is 0 Å². The van der Waals surface area contributed by atoms with Crippen LogP contribution in [0.5, 0.6) is 11.8 Å². The summed E-state index contributed by atoms with van der Waals surface area (Å²) in [6.45, 7) is 22.7. The number of esters is 2. The second-order valence-electron chi connectivity index (χ2n) is 22.7. The molecule has 0 saturated carbocycles. The Hall–Kier alpha value is -7.76. The second kappa shape index (κ2) is 34.4. The van der Waals surface area contributed by atoms with Gasteiger partial charge in [-0.25, -0.2) is 18.7 Å². The summed E-state index contributed by atoms with van der Waals surface area (Å²) in [5.41, 5.74) is -2.54. The summed E-state index contributed by atoms with van der Waals surface area (Å²) in [5.74, 6) is -2.44. The molecule has 0 aliphatic rings. The van der Waals surface area contributed by atoms with Gasteiger partial charge in [0.05, 0.1) is 37.0 Å². The Morgan fingerprint density at radius 2 is 0.791 bits per heavy atom. The number of nitrogens with zero attached hydrogens (tertiary/aromatic N) is 8. The van der Waals surface area contributed by atoms with E-state index in [1.165, 1.54) is 38.1 Å². The lowest BCUT2D eigenvalue weighted by atomic mass is 9.95. The monoisotopic (exact) mass is 1180 g/mol. The lowest BCUT2D eigenvalue weighted by Gasteiger charge is -2.31. The molecule has 18 nitrogen and oxygen atoms in total. The quantitative estimate of drug-likeness (QED) is 0.0292. The molecule has 3 aromatic carbocycles. The van der Waals surface area contributed by atoms with Crippen molar-refractivity contribution >= 4 is 46.5 Å². The fourth-order valence-corrected chi connectivity index (χ4v) is 11.1. The first-order valence-corrected chi connectivity index (χ1v) is 31.3. The number of hydrogen-bond donors (Lipinski definition) is 2. The van der Waals surface area contributed by atoms with Crippen LogP contribution in [0.2, 0.25) is 0 Å². The van der Waals surface area contributed by atoms with E-state index in [-0.39, 0.29) is 57.1 Å². The Balaban J connectivity index is 1.60. The van der Waals surface area contributed by atoms with Gasteiger partial charge < -0.3 is 29.5 Å². The van der Waals surface area contributed by atoms with Crippen LogP contribution in [0.1, 0.15) is 211 Å². The van der Waals surface area contributed by atoms with Crippen molar-refractivity contribution in [2.45, 2.75) is 172 Å². The molecular weight excluding hydrogens is 1090 g/mol. The number of methoxy groups -OCH3 is 2. The number of aromatic nitrogens is 2. The van der Waals surface area contributed by atoms with E-state index in [1.54, 1.807) is 48.5 Å². The zero-order chi connectivity index (χ0) is 63.0. The maximum Gasteiger partial charge on any atom is 0.343 e. The first-order valence-electron chi connectivity index (χ1n) is 31.3. The van der Waals surface area contributed by atoms with E-state index in [1.807, 2.05) is 9.80 Å². The number of carbonyl (C=O) groups excluding carboxylic acids is 4. The topological polar surface area (TPSA) is 227 Å². The van der Waals surface area contributed by atoms with Crippen LogP contribution in [0.25, 0.3) is 11.4 Å². The minimum Gasteiger partial charge on any atom is -0.493 e. The highest BCUT2D eigenvalue weighted by Crippen LogP contribution is 2.38. The largest absolute Gasteiger partial charge is 0.493 e. The second-order valence-corrected chi connectivity index (χ2v) is 22.7. The summed E-state index contributed by atoms with van der Waals surface area (Å²) in [6, 6.07) is 18.9. The van der Waals surface area contributed by atoms with Crippen molar-refractivity contribution in [1.82, 2.24) is 18.9 Å². The highest BCUT2D eigenvalue weighted by molar-refractivity contribution is 5.96. The molecule has 2 aromatic heterocycles. The molecular formula is C68H94N8O10. The molecule has 0 radical (unpaired) electrons. The highest BCUT2D eigenvalue weighted by atomic mass is 16.5. The normalized spacial score (nSPS) is 13.0. The molecule has 4 atom stereocenters. The molecule has 2 N–H and O–H groups in total. The smallest absolute Gasteiger partial charge is 0.343 e. The number of azo groups is 2. The SMILES string of the molecule is CCCCC(CC)CN(CC(CC)CCCC)C(=O)c1cccc(/N=N/c2c(C)c(C(=O)OC)c(=O)n(-c3cccc(-n4c(O)c(/N=N/c5cccc(C(=O)N(CC(CC)CCCC)CC(CC)CCCC)c5)c(C)c(C(=O)OC)c4=O)c3)c2O)c1. The van der Waals surface area contributed by atoms with Gasteiger partial charge in [-0.2, -0.15) is 10.2 Å². The van der Waals surface area contributed by atoms with E-state index in [2.05, 4.69) is 75.8 Å². The summed E-state index contributed by atoms with van der Waals surface area (Å²) in [6.07, 6.45) is 16.5. The van der Waals surface area contributed by atoms with Crippen molar-refractivity contribution in [2.24, 2.45) is 44.1 Å². The van der Waals surface area contributed by atoms with Crippen molar-refractivity contribution in [3.63, 3.8) is 0 Å². The van der Waals surface area contributed by atoms with Gasteiger partial charge in [-0.15, -0.1) is 10.2 Å². The third-order valence-electron chi connectivity index (χ3n) is 16.6. The van der Waals surface area contributed by atoms with E-state index in [9.17, 15) is 39.0 Å². The molecule has 0 aliphatic carbocycles. The Morgan fingerprint density at radius 1 is 0.477 bits per heavy atom. The maximum absolute atomic E-state index is 14.5. The average Bonchev–Trinajstić information content (AvgIpc) is 1.08. The van der Waals surface area contributed by atoms with E-state index in [4.69, 9.17) is 9.47 Å². The lowest BCUT2D eigenvalue weighted by Crippen LogP contribution is -2.39. The standard InChI is InChI=1S/C68H94N8O10/c1-13-21-28-47(17-5)41-73(42-48(18-6)29-22-14-2)61(77)51-32-25-34-53(38-51)69-71-59-45(9)57(67(83)85-11)63(79)75(65(59)81)55-36-27-37-56(40-55)76-64(80)58(68(84)86-12)46(10)60(66(76)82)72-70-54-35-26-33-52(39-54)62(78)74(43-49(19-7)30-23-15-3)44-50(20-8)31-24-16-4/h25-27,32-40,47-50,81-82H,13-24,28-31,41-44H2,1-12H3/b71-69+,72-70+. The number of aromatic hydroxyl groups is 2. The Morgan fingerprint density at radius 3 is 1.08 bits per heavy atom. The van der Waals surface area contributed by atoms with E-state index < -0.39 is 45.9 Å². The summed E-state index contributed by atoms with van der Waals surface area (Å²) in [7, 11) is 2.20. The Labute approximate surface area is 508 Å². The molecule has 466 valence electrons. The molecule has 0 spiro atoms. The number of carbonyl (C=O) groups is 4.